The van der Waals surface area contributed by atoms with Gasteiger partial charge in [-0.1, -0.05) is 158 Å². The summed E-state index contributed by atoms with van der Waals surface area (Å²) < 4.78 is 6.88. The minimum atomic E-state index is 0.588. The second-order valence-electron chi connectivity index (χ2n) is 14.0. The predicted octanol–water partition coefficient (Wildman–Crippen LogP) is 13.6. The van der Waals surface area contributed by atoms with Gasteiger partial charge in [-0.2, -0.15) is 0 Å². The zero-order valence-corrected chi connectivity index (χ0v) is 29.6. The van der Waals surface area contributed by atoms with E-state index in [1.165, 1.54) is 27.3 Å². The summed E-state index contributed by atoms with van der Waals surface area (Å²) in [5.74, 6) is 1.83. The van der Waals surface area contributed by atoms with Crippen molar-refractivity contribution >= 4 is 54.3 Å². The van der Waals surface area contributed by atoms with Crippen LogP contribution in [0, 0.1) is 0 Å². The average molecular weight is 702 g/mol. The van der Waals surface area contributed by atoms with Crippen molar-refractivity contribution in [2.75, 3.05) is 0 Å². The topological polar surface area (TPSA) is 51.8 Å². The largest absolute Gasteiger partial charge is 0.455 e. The Hall–Kier alpha value is -7.43. The highest BCUT2D eigenvalue weighted by atomic mass is 16.3. The third kappa shape index (κ3) is 5.43. The van der Waals surface area contributed by atoms with Gasteiger partial charge in [0.25, 0.3) is 0 Å². The zero-order valence-electron chi connectivity index (χ0n) is 29.6. The summed E-state index contributed by atoms with van der Waals surface area (Å²) in [6.45, 7) is 0. The Bertz CT molecular complexity index is 3160. The van der Waals surface area contributed by atoms with E-state index in [1.54, 1.807) is 0 Å². The molecule has 0 bridgehead atoms. The van der Waals surface area contributed by atoms with Crippen molar-refractivity contribution < 1.29 is 4.42 Å². The summed E-state index contributed by atoms with van der Waals surface area (Å²) in [5, 5.41) is 9.05. The van der Waals surface area contributed by atoms with Crippen LogP contribution in [0.5, 0.6) is 0 Å². The molecule has 256 valence electrons. The predicted molar refractivity (Wildman–Crippen MR) is 227 cm³/mol. The van der Waals surface area contributed by atoms with Crippen LogP contribution in [-0.2, 0) is 0 Å². The summed E-state index contributed by atoms with van der Waals surface area (Å²) in [5.41, 5.74) is 8.94. The Morgan fingerprint density at radius 3 is 1.40 bits per heavy atom. The minimum absolute atomic E-state index is 0.588. The summed E-state index contributed by atoms with van der Waals surface area (Å²) in [6.07, 6.45) is 0. The van der Waals surface area contributed by atoms with Gasteiger partial charge in [0.05, 0.1) is 0 Å². The molecule has 0 fully saturated rings. The molecule has 9 aromatic carbocycles. The van der Waals surface area contributed by atoms with Gasteiger partial charge >= 0.3 is 0 Å². The molecular weight excluding hydrogens is 671 g/mol. The maximum atomic E-state index is 6.88. The molecule has 0 spiro atoms. The molecule has 0 amide bonds. The lowest BCUT2D eigenvalue weighted by Crippen LogP contribution is -2.00. The van der Waals surface area contributed by atoms with Gasteiger partial charge < -0.3 is 4.42 Å². The molecular formula is C51H31N3O. The molecule has 11 aromatic rings. The maximum Gasteiger partial charge on any atom is 0.164 e. The number of nitrogens with zero attached hydrogens (tertiary/aromatic N) is 3. The Morgan fingerprint density at radius 1 is 0.291 bits per heavy atom. The number of fused-ring (bicyclic) bond motifs is 6. The second-order valence-corrected chi connectivity index (χ2v) is 14.0. The van der Waals surface area contributed by atoms with E-state index in [2.05, 4.69) is 182 Å². The molecule has 0 saturated heterocycles. The van der Waals surface area contributed by atoms with Gasteiger partial charge in [-0.15, -0.1) is 0 Å². The summed E-state index contributed by atoms with van der Waals surface area (Å²) >= 11 is 0. The SMILES string of the molecule is c1ccc(-c2ccc(-c3c4ccccc4cc4c3oc3cc(-c5nc(-c6ccc7ccccc7c6)nc(-c6ccc7ccccc7c6)n5)ccc34)cc2)cc1. The van der Waals surface area contributed by atoms with E-state index in [0.717, 1.165) is 65.9 Å². The average Bonchev–Trinajstić information content (AvgIpc) is 3.62. The van der Waals surface area contributed by atoms with Gasteiger partial charge in [-0.3, -0.25) is 0 Å². The summed E-state index contributed by atoms with van der Waals surface area (Å²) in [7, 11) is 0. The molecule has 55 heavy (non-hydrogen) atoms. The van der Waals surface area contributed by atoms with E-state index < -0.39 is 0 Å². The fraction of sp³-hybridized carbons (Fsp3) is 0. The quantitative estimate of drug-likeness (QED) is 0.179. The van der Waals surface area contributed by atoms with E-state index in [0.29, 0.717) is 17.5 Å². The highest BCUT2D eigenvalue weighted by molar-refractivity contribution is 6.18. The monoisotopic (exact) mass is 701 g/mol. The summed E-state index contributed by atoms with van der Waals surface area (Å²) in [4.78, 5) is 15.3. The van der Waals surface area contributed by atoms with Crippen LogP contribution in [0.25, 0.3) is 111 Å². The van der Waals surface area contributed by atoms with Crippen molar-refractivity contribution in [3.63, 3.8) is 0 Å². The molecule has 0 N–H and O–H groups in total. The van der Waals surface area contributed by atoms with Crippen molar-refractivity contribution in [2.45, 2.75) is 0 Å². The lowest BCUT2D eigenvalue weighted by atomic mass is 9.94. The zero-order chi connectivity index (χ0) is 36.3. The van der Waals surface area contributed by atoms with Crippen molar-refractivity contribution in [3.05, 3.63) is 188 Å². The number of hydrogen-bond donors (Lipinski definition) is 0. The smallest absolute Gasteiger partial charge is 0.164 e. The van der Waals surface area contributed by atoms with Gasteiger partial charge in [0.15, 0.2) is 17.5 Å². The summed E-state index contributed by atoms with van der Waals surface area (Å²) in [6, 6.07) is 65.8. The number of benzene rings is 9. The van der Waals surface area contributed by atoms with Crippen molar-refractivity contribution in [3.8, 4) is 56.4 Å². The molecule has 2 heterocycles. The normalized spacial score (nSPS) is 11.6. The van der Waals surface area contributed by atoms with Gasteiger partial charge in [0.1, 0.15) is 11.2 Å². The van der Waals surface area contributed by atoms with E-state index >= 15 is 0 Å². The fourth-order valence-corrected chi connectivity index (χ4v) is 7.88. The van der Waals surface area contributed by atoms with Gasteiger partial charge in [0, 0.05) is 33.0 Å². The third-order valence-corrected chi connectivity index (χ3v) is 10.7. The third-order valence-electron chi connectivity index (χ3n) is 10.7. The van der Waals surface area contributed by atoms with Crippen LogP contribution in [0.4, 0.5) is 0 Å². The first-order valence-electron chi connectivity index (χ1n) is 18.5. The van der Waals surface area contributed by atoms with Crippen LogP contribution in [0.15, 0.2) is 192 Å². The van der Waals surface area contributed by atoms with Crippen LogP contribution in [0.3, 0.4) is 0 Å². The molecule has 0 aliphatic carbocycles. The van der Waals surface area contributed by atoms with Crippen molar-refractivity contribution in [1.29, 1.82) is 0 Å². The maximum absolute atomic E-state index is 6.88. The number of aromatic nitrogens is 3. The van der Waals surface area contributed by atoms with Gasteiger partial charge in [-0.05, 0) is 79.3 Å². The lowest BCUT2D eigenvalue weighted by Gasteiger charge is -2.10. The molecule has 0 unspecified atom stereocenters. The minimum Gasteiger partial charge on any atom is -0.455 e. The van der Waals surface area contributed by atoms with Crippen molar-refractivity contribution in [1.82, 2.24) is 15.0 Å². The van der Waals surface area contributed by atoms with E-state index in [-0.39, 0.29) is 0 Å². The first-order valence-corrected chi connectivity index (χ1v) is 18.5. The van der Waals surface area contributed by atoms with Gasteiger partial charge in [-0.25, -0.2) is 15.0 Å². The first-order chi connectivity index (χ1) is 27.2. The van der Waals surface area contributed by atoms with Crippen LogP contribution in [0.1, 0.15) is 0 Å². The van der Waals surface area contributed by atoms with Crippen LogP contribution >= 0.6 is 0 Å². The first kappa shape index (κ1) is 31.1. The molecule has 0 aliphatic rings. The number of hydrogen-bond acceptors (Lipinski definition) is 4. The lowest BCUT2D eigenvalue weighted by molar-refractivity contribution is 0.670. The van der Waals surface area contributed by atoms with E-state index in [1.807, 2.05) is 6.07 Å². The second kappa shape index (κ2) is 12.6. The molecule has 0 aliphatic heterocycles. The Morgan fingerprint density at radius 2 is 0.764 bits per heavy atom. The Kier molecular flexibility index (Phi) is 7.14. The number of rotatable bonds is 5. The van der Waals surface area contributed by atoms with Crippen LogP contribution in [0.2, 0.25) is 0 Å². The molecule has 0 atom stereocenters. The highest BCUT2D eigenvalue weighted by Crippen LogP contribution is 2.42. The van der Waals surface area contributed by atoms with Gasteiger partial charge in [0.2, 0.25) is 0 Å². The highest BCUT2D eigenvalue weighted by Gasteiger charge is 2.19. The standard InChI is InChI=1S/C51H31N3O/c1-2-10-32(11-3-1)35-18-22-36(23-19-35)47-43-17-9-8-16-39(43)30-45-44-27-26-42(31-46(44)55-48(45)47)51-53-49(40-24-20-33-12-4-6-14-37(33)28-40)52-50(54-51)41-25-21-34-13-5-7-15-38(34)29-41/h1-31H. The van der Waals surface area contributed by atoms with E-state index in [9.17, 15) is 0 Å². The number of furan rings is 1. The molecule has 11 rings (SSSR count). The molecule has 0 radical (unpaired) electrons. The molecule has 4 nitrogen and oxygen atoms in total. The van der Waals surface area contributed by atoms with Crippen LogP contribution in [-0.4, -0.2) is 15.0 Å². The van der Waals surface area contributed by atoms with Crippen LogP contribution < -0.4 is 0 Å². The fourth-order valence-electron chi connectivity index (χ4n) is 7.88. The molecule has 2 aromatic heterocycles. The Balaban J connectivity index is 1.09. The van der Waals surface area contributed by atoms with E-state index in [4.69, 9.17) is 19.4 Å². The Labute approximate surface area is 317 Å². The molecule has 0 saturated carbocycles. The molecule has 4 heteroatoms. The van der Waals surface area contributed by atoms with Crippen molar-refractivity contribution in [2.24, 2.45) is 0 Å².